The van der Waals surface area contributed by atoms with Crippen LogP contribution in [0.2, 0.25) is 0 Å². The first-order valence-corrected chi connectivity index (χ1v) is 10.1. The Balaban J connectivity index is 1.86. The van der Waals surface area contributed by atoms with E-state index in [0.717, 1.165) is 15.7 Å². The number of carbonyl (C=O) groups is 1. The molecule has 29 heavy (non-hydrogen) atoms. The number of nitrogens with one attached hydrogen (secondary N) is 1. The van der Waals surface area contributed by atoms with E-state index >= 15 is 0 Å². The molecular weight excluding hydrogens is 430 g/mol. The fourth-order valence-electron chi connectivity index (χ4n) is 3.11. The molecule has 0 saturated heterocycles. The van der Waals surface area contributed by atoms with Gasteiger partial charge in [-0.2, -0.15) is 0 Å². The number of ketones is 1. The van der Waals surface area contributed by atoms with Gasteiger partial charge in [0, 0.05) is 22.1 Å². The van der Waals surface area contributed by atoms with Crippen molar-refractivity contribution < 1.29 is 14.3 Å². The number of carbonyl (C=O) groups excluding carboxylic acids is 1. The molecule has 0 heterocycles. The molecule has 0 radical (unpaired) electrons. The zero-order valence-electron chi connectivity index (χ0n) is 16.7. The Hall–Kier alpha value is -2.79. The fraction of sp³-hybridized carbons (Fsp3) is 0.208. The predicted octanol–water partition coefficient (Wildman–Crippen LogP) is 6.20. The number of hydrogen-bond donors (Lipinski definition) is 1. The van der Waals surface area contributed by atoms with Gasteiger partial charge in [0.05, 0.1) is 20.3 Å². The van der Waals surface area contributed by atoms with Crippen LogP contribution in [0.25, 0.3) is 0 Å². The topological polar surface area (TPSA) is 47.6 Å². The lowest BCUT2D eigenvalue weighted by molar-refractivity contribution is 0.0976. The normalized spacial score (nSPS) is 11.6. The van der Waals surface area contributed by atoms with E-state index in [2.05, 4.69) is 40.3 Å². The summed E-state index contributed by atoms with van der Waals surface area (Å²) in [6.45, 7) is 2.05. The first-order chi connectivity index (χ1) is 14.0. The molecule has 3 rings (SSSR count). The Morgan fingerprint density at radius 1 is 0.931 bits per heavy atom. The van der Waals surface area contributed by atoms with Gasteiger partial charge in [-0.25, -0.2) is 0 Å². The number of benzene rings is 3. The molecule has 0 aliphatic heterocycles. The third kappa shape index (κ3) is 5.39. The first-order valence-electron chi connectivity index (χ1n) is 9.34. The summed E-state index contributed by atoms with van der Waals surface area (Å²) in [5.74, 6) is 1.18. The van der Waals surface area contributed by atoms with Crippen LogP contribution in [0.3, 0.4) is 0 Å². The number of ether oxygens (including phenoxy) is 2. The van der Waals surface area contributed by atoms with Crippen LogP contribution >= 0.6 is 15.9 Å². The fourth-order valence-corrected chi connectivity index (χ4v) is 3.38. The molecule has 0 fully saturated rings. The molecular formula is C24H24BrNO3. The summed E-state index contributed by atoms with van der Waals surface area (Å²) in [5, 5.41) is 3.50. The highest BCUT2D eigenvalue weighted by molar-refractivity contribution is 9.10. The maximum absolute atomic E-state index is 13.1. The van der Waals surface area contributed by atoms with Crippen molar-refractivity contribution in [1.82, 2.24) is 0 Å². The van der Waals surface area contributed by atoms with Crippen LogP contribution in [0.15, 0.2) is 71.2 Å². The van der Waals surface area contributed by atoms with Gasteiger partial charge in [0.25, 0.3) is 0 Å². The van der Waals surface area contributed by atoms with Crippen LogP contribution in [0.5, 0.6) is 11.5 Å². The highest BCUT2D eigenvalue weighted by Gasteiger charge is 2.19. The molecule has 5 heteroatoms. The number of methoxy groups -OCH3 is 2. The van der Waals surface area contributed by atoms with E-state index in [4.69, 9.17) is 9.47 Å². The standard InChI is InChI=1S/C24H24BrNO3/c1-16-4-11-20(12-5-16)26-21(17-6-9-19(25)10-7-17)15-22(27)18-8-13-23(28-2)24(14-18)29-3/h4-14,21,26H,15H2,1-3H3. The predicted molar refractivity (Wildman–Crippen MR) is 120 cm³/mol. The van der Waals surface area contributed by atoms with Gasteiger partial charge in [-0.05, 0) is 55.0 Å². The summed E-state index contributed by atoms with van der Waals surface area (Å²) in [5.41, 5.74) is 3.80. The summed E-state index contributed by atoms with van der Waals surface area (Å²) in [7, 11) is 3.14. The largest absolute Gasteiger partial charge is 0.493 e. The van der Waals surface area contributed by atoms with Crippen LogP contribution in [-0.4, -0.2) is 20.0 Å². The molecule has 0 aliphatic carbocycles. The molecule has 0 aromatic heterocycles. The van der Waals surface area contributed by atoms with E-state index < -0.39 is 0 Å². The van der Waals surface area contributed by atoms with E-state index in [1.807, 2.05) is 36.4 Å². The van der Waals surface area contributed by atoms with E-state index in [1.165, 1.54) is 5.56 Å². The van der Waals surface area contributed by atoms with Crippen molar-refractivity contribution in [2.45, 2.75) is 19.4 Å². The second-order valence-corrected chi connectivity index (χ2v) is 7.73. The van der Waals surface area contributed by atoms with Crippen LogP contribution in [0.4, 0.5) is 5.69 Å². The van der Waals surface area contributed by atoms with Crippen LogP contribution in [-0.2, 0) is 0 Å². The summed E-state index contributed by atoms with van der Waals surface area (Å²) >= 11 is 3.47. The summed E-state index contributed by atoms with van der Waals surface area (Å²) < 4.78 is 11.6. The molecule has 0 bridgehead atoms. The minimum Gasteiger partial charge on any atom is -0.493 e. The molecule has 3 aromatic rings. The lowest BCUT2D eigenvalue weighted by Gasteiger charge is -2.20. The molecule has 1 atom stereocenters. The van der Waals surface area contributed by atoms with Crippen molar-refractivity contribution in [3.05, 3.63) is 87.9 Å². The van der Waals surface area contributed by atoms with Crippen LogP contribution in [0.1, 0.15) is 33.9 Å². The lowest BCUT2D eigenvalue weighted by Crippen LogP contribution is -2.16. The average Bonchev–Trinajstić information content (AvgIpc) is 2.74. The zero-order chi connectivity index (χ0) is 20.8. The number of halogens is 1. The lowest BCUT2D eigenvalue weighted by atomic mass is 9.97. The molecule has 3 aromatic carbocycles. The third-order valence-electron chi connectivity index (χ3n) is 4.76. The second-order valence-electron chi connectivity index (χ2n) is 6.81. The quantitative estimate of drug-likeness (QED) is 0.412. The van der Waals surface area contributed by atoms with E-state index in [1.54, 1.807) is 32.4 Å². The first kappa shape index (κ1) is 20.9. The van der Waals surface area contributed by atoms with Gasteiger partial charge in [0.2, 0.25) is 0 Å². The summed E-state index contributed by atoms with van der Waals surface area (Å²) in [4.78, 5) is 13.1. The van der Waals surface area contributed by atoms with Crippen molar-refractivity contribution in [3.63, 3.8) is 0 Å². The third-order valence-corrected chi connectivity index (χ3v) is 5.29. The minimum absolute atomic E-state index is 0.0264. The van der Waals surface area contributed by atoms with Crippen molar-refractivity contribution in [3.8, 4) is 11.5 Å². The number of hydrogen-bond acceptors (Lipinski definition) is 4. The van der Waals surface area contributed by atoms with Crippen LogP contribution < -0.4 is 14.8 Å². The smallest absolute Gasteiger partial charge is 0.165 e. The molecule has 0 amide bonds. The zero-order valence-corrected chi connectivity index (χ0v) is 18.3. The second kappa shape index (κ2) is 9.61. The van der Waals surface area contributed by atoms with Crippen molar-refractivity contribution >= 4 is 27.4 Å². The number of aryl methyl sites for hydroxylation is 1. The number of rotatable bonds is 8. The Labute approximate surface area is 180 Å². The van der Waals surface area contributed by atoms with Gasteiger partial charge in [-0.3, -0.25) is 4.79 Å². The van der Waals surface area contributed by atoms with Gasteiger partial charge in [0.15, 0.2) is 17.3 Å². The van der Waals surface area contributed by atoms with Gasteiger partial charge < -0.3 is 14.8 Å². The average molecular weight is 454 g/mol. The Morgan fingerprint density at radius 2 is 1.59 bits per heavy atom. The highest BCUT2D eigenvalue weighted by atomic mass is 79.9. The van der Waals surface area contributed by atoms with E-state index in [0.29, 0.717) is 23.5 Å². The number of anilines is 1. The van der Waals surface area contributed by atoms with Gasteiger partial charge >= 0.3 is 0 Å². The Kier molecular flexibility index (Phi) is 6.94. The molecule has 1 N–H and O–H groups in total. The maximum Gasteiger partial charge on any atom is 0.165 e. The molecule has 0 aliphatic rings. The highest BCUT2D eigenvalue weighted by Crippen LogP contribution is 2.30. The van der Waals surface area contributed by atoms with Gasteiger partial charge in [-0.15, -0.1) is 0 Å². The molecule has 150 valence electrons. The molecule has 0 spiro atoms. The van der Waals surface area contributed by atoms with E-state index in [-0.39, 0.29) is 11.8 Å². The summed E-state index contributed by atoms with van der Waals surface area (Å²) in [6, 6.07) is 21.3. The van der Waals surface area contributed by atoms with Crippen molar-refractivity contribution in [2.75, 3.05) is 19.5 Å². The number of Topliss-reactive ketones (excluding diaryl/α,β-unsaturated/α-hetero) is 1. The van der Waals surface area contributed by atoms with Gasteiger partial charge in [-0.1, -0.05) is 45.8 Å². The van der Waals surface area contributed by atoms with Crippen molar-refractivity contribution in [1.29, 1.82) is 0 Å². The van der Waals surface area contributed by atoms with Gasteiger partial charge in [0.1, 0.15) is 0 Å². The maximum atomic E-state index is 13.1. The van der Waals surface area contributed by atoms with Crippen LogP contribution in [0, 0.1) is 6.92 Å². The molecule has 1 unspecified atom stereocenters. The molecule has 4 nitrogen and oxygen atoms in total. The Morgan fingerprint density at radius 3 is 2.21 bits per heavy atom. The van der Waals surface area contributed by atoms with E-state index in [9.17, 15) is 4.79 Å². The Bertz CT molecular complexity index is 968. The summed E-state index contributed by atoms with van der Waals surface area (Å²) in [6.07, 6.45) is 0.311. The minimum atomic E-state index is -0.161. The molecule has 0 saturated carbocycles. The SMILES string of the molecule is COc1ccc(C(=O)CC(Nc2ccc(C)cc2)c2ccc(Br)cc2)cc1OC. The van der Waals surface area contributed by atoms with Crippen molar-refractivity contribution in [2.24, 2.45) is 0 Å². The monoisotopic (exact) mass is 453 g/mol.